The highest BCUT2D eigenvalue weighted by Crippen LogP contribution is 2.27. The third kappa shape index (κ3) is 2.93. The Kier molecular flexibility index (Phi) is 3.56. The minimum Gasteiger partial charge on any atom is -0.382 e. The van der Waals surface area contributed by atoms with Crippen molar-refractivity contribution in [1.82, 2.24) is 15.3 Å². The molecule has 1 unspecified atom stereocenters. The standard InChI is InChI=1S/C12H18N4O/c1-8(9-4-2-3-5-9)16-12(17)10-6-15-11(13)7-14-10/h6-9H,2-5H2,1H3,(H2,13,15)(H,16,17). The SMILES string of the molecule is CC(NC(=O)c1cnc(N)cn1)C1CCCC1. The Hall–Kier alpha value is -1.65. The molecule has 1 aliphatic rings. The van der Waals surface area contributed by atoms with E-state index in [1.54, 1.807) is 0 Å². The second-order valence-corrected chi connectivity index (χ2v) is 4.63. The van der Waals surface area contributed by atoms with Gasteiger partial charge in [-0.2, -0.15) is 0 Å². The van der Waals surface area contributed by atoms with E-state index in [0.717, 1.165) is 0 Å². The number of carbonyl (C=O) groups is 1. The maximum atomic E-state index is 11.9. The van der Waals surface area contributed by atoms with Gasteiger partial charge in [0, 0.05) is 6.04 Å². The average molecular weight is 234 g/mol. The third-order valence-electron chi connectivity index (χ3n) is 3.37. The van der Waals surface area contributed by atoms with Crippen molar-refractivity contribution in [3.63, 3.8) is 0 Å². The molecular formula is C12H18N4O. The number of hydrogen-bond donors (Lipinski definition) is 2. The van der Waals surface area contributed by atoms with Gasteiger partial charge in [0.05, 0.1) is 12.4 Å². The molecule has 1 atom stereocenters. The van der Waals surface area contributed by atoms with Crippen molar-refractivity contribution in [2.75, 3.05) is 5.73 Å². The molecule has 1 fully saturated rings. The fourth-order valence-corrected chi connectivity index (χ4v) is 2.31. The summed E-state index contributed by atoms with van der Waals surface area (Å²) < 4.78 is 0. The average Bonchev–Trinajstić information content (AvgIpc) is 2.83. The number of aromatic nitrogens is 2. The highest BCUT2D eigenvalue weighted by Gasteiger charge is 2.23. The zero-order valence-corrected chi connectivity index (χ0v) is 10.0. The number of nitrogen functional groups attached to an aromatic ring is 1. The van der Waals surface area contributed by atoms with Crippen LogP contribution in [0.2, 0.25) is 0 Å². The van der Waals surface area contributed by atoms with Crippen molar-refractivity contribution in [3.05, 3.63) is 18.1 Å². The number of anilines is 1. The number of nitrogens with one attached hydrogen (secondary N) is 1. The van der Waals surface area contributed by atoms with E-state index in [1.807, 2.05) is 0 Å². The summed E-state index contributed by atoms with van der Waals surface area (Å²) in [5, 5.41) is 2.98. The first-order chi connectivity index (χ1) is 8.16. The molecule has 0 radical (unpaired) electrons. The molecule has 5 nitrogen and oxygen atoms in total. The van der Waals surface area contributed by atoms with E-state index in [2.05, 4.69) is 22.2 Å². The first-order valence-corrected chi connectivity index (χ1v) is 6.05. The molecule has 0 aliphatic heterocycles. The normalized spacial score (nSPS) is 17.9. The Bertz CT molecular complexity index is 384. The van der Waals surface area contributed by atoms with Crippen LogP contribution >= 0.6 is 0 Å². The molecule has 1 aromatic rings. The molecule has 5 heteroatoms. The highest BCUT2D eigenvalue weighted by atomic mass is 16.1. The highest BCUT2D eigenvalue weighted by molar-refractivity contribution is 5.92. The summed E-state index contributed by atoms with van der Waals surface area (Å²) in [5.41, 5.74) is 5.75. The van der Waals surface area contributed by atoms with E-state index in [9.17, 15) is 4.79 Å². The van der Waals surface area contributed by atoms with Crippen LogP contribution in [0.4, 0.5) is 5.82 Å². The van der Waals surface area contributed by atoms with Gasteiger partial charge in [0.25, 0.3) is 5.91 Å². The second kappa shape index (κ2) is 5.12. The summed E-state index contributed by atoms with van der Waals surface area (Å²) in [4.78, 5) is 19.7. The van der Waals surface area contributed by atoms with Crippen molar-refractivity contribution < 1.29 is 4.79 Å². The molecule has 0 aromatic carbocycles. The van der Waals surface area contributed by atoms with Crippen LogP contribution in [0.25, 0.3) is 0 Å². The molecule has 0 saturated heterocycles. The Morgan fingerprint density at radius 1 is 1.41 bits per heavy atom. The molecule has 1 aromatic heterocycles. The summed E-state index contributed by atoms with van der Waals surface area (Å²) >= 11 is 0. The summed E-state index contributed by atoms with van der Waals surface area (Å²) in [5.74, 6) is 0.753. The Labute approximate surface area is 101 Å². The van der Waals surface area contributed by atoms with E-state index in [-0.39, 0.29) is 11.9 Å². The van der Waals surface area contributed by atoms with E-state index in [1.165, 1.54) is 38.1 Å². The zero-order chi connectivity index (χ0) is 12.3. The molecule has 17 heavy (non-hydrogen) atoms. The molecule has 0 spiro atoms. The summed E-state index contributed by atoms with van der Waals surface area (Å²) in [6, 6.07) is 0.198. The summed E-state index contributed by atoms with van der Waals surface area (Å²) in [7, 11) is 0. The van der Waals surface area contributed by atoms with E-state index < -0.39 is 0 Å². The van der Waals surface area contributed by atoms with Gasteiger partial charge in [-0.3, -0.25) is 4.79 Å². The molecular weight excluding hydrogens is 216 g/mol. The van der Waals surface area contributed by atoms with Crippen LogP contribution in [-0.2, 0) is 0 Å². The summed E-state index contributed by atoms with van der Waals surface area (Å²) in [6.45, 7) is 2.05. The van der Waals surface area contributed by atoms with Gasteiger partial charge in [0.1, 0.15) is 11.5 Å². The second-order valence-electron chi connectivity index (χ2n) is 4.63. The van der Waals surface area contributed by atoms with Gasteiger partial charge in [-0.1, -0.05) is 12.8 Å². The number of carbonyl (C=O) groups excluding carboxylic acids is 1. The van der Waals surface area contributed by atoms with Crippen LogP contribution in [0.1, 0.15) is 43.1 Å². The molecule has 2 rings (SSSR count). The van der Waals surface area contributed by atoms with E-state index >= 15 is 0 Å². The molecule has 0 bridgehead atoms. The first-order valence-electron chi connectivity index (χ1n) is 6.05. The van der Waals surface area contributed by atoms with Gasteiger partial charge in [0.2, 0.25) is 0 Å². The molecule has 3 N–H and O–H groups in total. The number of amides is 1. The van der Waals surface area contributed by atoms with E-state index in [4.69, 9.17) is 5.73 Å². The fraction of sp³-hybridized carbons (Fsp3) is 0.583. The predicted molar refractivity (Wildman–Crippen MR) is 65.3 cm³/mol. The number of hydrogen-bond acceptors (Lipinski definition) is 4. The Balaban J connectivity index is 1.94. The van der Waals surface area contributed by atoms with Crippen LogP contribution in [0.15, 0.2) is 12.4 Å². The van der Waals surface area contributed by atoms with Gasteiger partial charge in [-0.25, -0.2) is 9.97 Å². The van der Waals surface area contributed by atoms with Gasteiger partial charge in [-0.15, -0.1) is 0 Å². The van der Waals surface area contributed by atoms with Crippen molar-refractivity contribution in [3.8, 4) is 0 Å². The quantitative estimate of drug-likeness (QED) is 0.827. The lowest BCUT2D eigenvalue weighted by Gasteiger charge is -2.19. The maximum absolute atomic E-state index is 11.9. The topological polar surface area (TPSA) is 80.9 Å². The van der Waals surface area contributed by atoms with Gasteiger partial charge < -0.3 is 11.1 Å². The van der Waals surface area contributed by atoms with Crippen molar-refractivity contribution >= 4 is 11.7 Å². The zero-order valence-electron chi connectivity index (χ0n) is 10.0. The number of rotatable bonds is 3. The van der Waals surface area contributed by atoms with Crippen molar-refractivity contribution in [2.24, 2.45) is 5.92 Å². The third-order valence-corrected chi connectivity index (χ3v) is 3.37. The van der Waals surface area contributed by atoms with Gasteiger partial charge in [0.15, 0.2) is 0 Å². The fourth-order valence-electron chi connectivity index (χ4n) is 2.31. The monoisotopic (exact) mass is 234 g/mol. The Morgan fingerprint density at radius 3 is 2.71 bits per heavy atom. The Morgan fingerprint density at radius 2 is 2.12 bits per heavy atom. The lowest BCUT2D eigenvalue weighted by Crippen LogP contribution is -2.37. The molecule has 1 amide bonds. The van der Waals surface area contributed by atoms with Crippen LogP contribution in [-0.4, -0.2) is 21.9 Å². The van der Waals surface area contributed by atoms with Crippen molar-refractivity contribution in [1.29, 1.82) is 0 Å². The smallest absolute Gasteiger partial charge is 0.271 e. The lowest BCUT2D eigenvalue weighted by molar-refractivity contribution is 0.0922. The van der Waals surface area contributed by atoms with E-state index in [0.29, 0.717) is 17.4 Å². The van der Waals surface area contributed by atoms with Crippen molar-refractivity contribution in [2.45, 2.75) is 38.6 Å². The predicted octanol–water partition coefficient (Wildman–Crippen LogP) is 1.37. The maximum Gasteiger partial charge on any atom is 0.271 e. The summed E-state index contributed by atoms with van der Waals surface area (Å²) in [6.07, 6.45) is 7.75. The molecule has 1 saturated carbocycles. The van der Waals surface area contributed by atoms with Crippen LogP contribution < -0.4 is 11.1 Å². The minimum atomic E-state index is -0.170. The molecule has 92 valence electrons. The minimum absolute atomic E-state index is 0.170. The number of nitrogens with two attached hydrogens (primary N) is 1. The first kappa shape index (κ1) is 11.8. The van der Waals surface area contributed by atoms with Gasteiger partial charge in [-0.05, 0) is 25.7 Å². The molecule has 1 aliphatic carbocycles. The van der Waals surface area contributed by atoms with Crippen LogP contribution in [0, 0.1) is 5.92 Å². The van der Waals surface area contributed by atoms with Crippen LogP contribution in [0.3, 0.4) is 0 Å². The largest absolute Gasteiger partial charge is 0.382 e. The lowest BCUT2D eigenvalue weighted by atomic mass is 10.00. The number of nitrogens with zero attached hydrogens (tertiary/aromatic N) is 2. The molecule has 1 heterocycles. The van der Waals surface area contributed by atoms with Gasteiger partial charge >= 0.3 is 0 Å². The van der Waals surface area contributed by atoms with Crippen LogP contribution in [0.5, 0.6) is 0 Å².